The van der Waals surface area contributed by atoms with Gasteiger partial charge < -0.3 is 40.7 Å². The number of hydrogen-bond donors (Lipinski definition) is 6. The summed E-state index contributed by atoms with van der Waals surface area (Å²) in [5.74, 6) is -3.54. The van der Waals surface area contributed by atoms with Crippen LogP contribution in [0.1, 0.15) is 88.3 Å². The van der Waals surface area contributed by atoms with Gasteiger partial charge >= 0.3 is 0 Å². The third-order valence-corrected chi connectivity index (χ3v) is 8.77. The fourth-order valence-corrected chi connectivity index (χ4v) is 6.88. The monoisotopic (exact) mass is 569 g/mol. The number of Topliss-reactive ketones (excluding diaryl/α,β-unsaturated/α-hetero) is 1. The van der Waals surface area contributed by atoms with E-state index in [-0.39, 0.29) is 58.2 Å². The molecule has 3 aliphatic rings. The largest absolute Gasteiger partial charge is 0.507 e. The highest BCUT2D eigenvalue weighted by atomic mass is 16.7. The van der Waals surface area contributed by atoms with Gasteiger partial charge in [-0.25, -0.2) is 0 Å². The van der Waals surface area contributed by atoms with Crippen molar-refractivity contribution in [1.29, 1.82) is 0 Å². The van der Waals surface area contributed by atoms with E-state index in [2.05, 4.69) is 0 Å². The molecule has 5 rings (SSSR count). The Bertz CT molecular complexity index is 1420. The number of benzene rings is 2. The average Bonchev–Trinajstić information content (AvgIpc) is 2.91. The van der Waals surface area contributed by atoms with Gasteiger partial charge in [-0.1, -0.05) is 32.0 Å². The number of ether oxygens (including phenoxy) is 2. The lowest BCUT2D eigenvalue weighted by Gasteiger charge is -2.44. The Labute approximate surface area is 236 Å². The summed E-state index contributed by atoms with van der Waals surface area (Å²) in [5.41, 5.74) is 3.11. The first-order valence-electron chi connectivity index (χ1n) is 13.7. The Morgan fingerprint density at radius 3 is 2.41 bits per heavy atom. The Morgan fingerprint density at radius 1 is 1.12 bits per heavy atom. The van der Waals surface area contributed by atoms with Crippen LogP contribution in [0.4, 0.5) is 0 Å². The molecular weight excluding hydrogens is 534 g/mol. The summed E-state index contributed by atoms with van der Waals surface area (Å²) in [6.45, 7) is 4.40. The molecule has 0 saturated carbocycles. The maximum Gasteiger partial charge on any atom is 0.198 e. The van der Waals surface area contributed by atoms with E-state index >= 15 is 0 Å². The van der Waals surface area contributed by atoms with Gasteiger partial charge in [0, 0.05) is 53.5 Å². The fourth-order valence-electron chi connectivity index (χ4n) is 6.88. The van der Waals surface area contributed by atoms with Crippen molar-refractivity contribution in [2.45, 2.75) is 76.8 Å². The number of fused-ring (bicyclic) bond motifs is 3. The van der Waals surface area contributed by atoms with Crippen LogP contribution >= 0.6 is 0 Å². The van der Waals surface area contributed by atoms with Gasteiger partial charge in [0.15, 0.2) is 23.6 Å². The third-order valence-electron chi connectivity index (χ3n) is 8.77. The minimum Gasteiger partial charge on any atom is -0.507 e. The van der Waals surface area contributed by atoms with Crippen molar-refractivity contribution in [3.8, 4) is 11.5 Å². The highest BCUT2D eigenvalue weighted by molar-refractivity contribution is 6.31. The number of aliphatic hydroxyl groups excluding tert-OH is 2. The first-order valence-corrected chi connectivity index (χ1v) is 13.7. The van der Waals surface area contributed by atoms with E-state index in [4.69, 9.17) is 15.2 Å². The summed E-state index contributed by atoms with van der Waals surface area (Å²) in [6, 6.07) is 4.04. The second-order valence-electron chi connectivity index (χ2n) is 11.6. The minimum absolute atomic E-state index is 0.0373. The number of phenolic OH excluding ortho intramolecular Hbond substituents is 2. The standard InChI is InChI=1S/C30H35NO10/c1-12(2)21-13(3)40-20(7-17(21)31)41-18-9-30(39,19(34)11-33)8-16-23(18)29(38)25-24(27(16)36)26(35)15-6-4-5-14(10-32)22(15)28(25)37/h4-6,12-13,17-18,20-21,32-33,36,38-39H,7-11,31H2,1-3H3/t13?,17-,18+,20+,21+,30+/m1/s1. The molecule has 220 valence electrons. The molecule has 1 unspecified atom stereocenters. The molecule has 0 radical (unpaired) electrons. The smallest absolute Gasteiger partial charge is 0.198 e. The zero-order valence-electron chi connectivity index (χ0n) is 23.1. The van der Waals surface area contributed by atoms with E-state index in [1.165, 1.54) is 18.2 Å². The van der Waals surface area contributed by atoms with Crippen molar-refractivity contribution in [3.05, 3.63) is 57.1 Å². The van der Waals surface area contributed by atoms with Crippen LogP contribution in [0, 0.1) is 11.8 Å². The van der Waals surface area contributed by atoms with Crippen LogP contribution in [0.15, 0.2) is 18.2 Å². The van der Waals surface area contributed by atoms with E-state index in [1.54, 1.807) is 0 Å². The van der Waals surface area contributed by atoms with Crippen molar-refractivity contribution in [2.75, 3.05) is 6.61 Å². The number of carbonyl (C=O) groups is 3. The molecule has 6 atom stereocenters. The van der Waals surface area contributed by atoms with Crippen molar-refractivity contribution in [1.82, 2.24) is 0 Å². The summed E-state index contributed by atoms with van der Waals surface area (Å²) in [4.78, 5) is 40.0. The maximum atomic E-state index is 13.7. The average molecular weight is 570 g/mol. The van der Waals surface area contributed by atoms with Crippen molar-refractivity contribution < 1.29 is 49.4 Å². The Hall–Kier alpha value is -3.19. The van der Waals surface area contributed by atoms with Crippen LogP contribution in [0.2, 0.25) is 0 Å². The van der Waals surface area contributed by atoms with E-state index in [9.17, 15) is 39.9 Å². The normalized spacial score (nSPS) is 29.2. The Morgan fingerprint density at radius 2 is 1.80 bits per heavy atom. The van der Waals surface area contributed by atoms with Crippen LogP contribution < -0.4 is 5.73 Å². The van der Waals surface area contributed by atoms with E-state index in [1.807, 2.05) is 20.8 Å². The van der Waals surface area contributed by atoms with Crippen molar-refractivity contribution in [3.63, 3.8) is 0 Å². The lowest BCUT2D eigenvalue weighted by molar-refractivity contribution is -0.241. The van der Waals surface area contributed by atoms with E-state index < -0.39 is 84.0 Å². The predicted octanol–water partition coefficient (Wildman–Crippen LogP) is 1.40. The Balaban J connectivity index is 1.65. The van der Waals surface area contributed by atoms with Crippen LogP contribution in [-0.2, 0) is 27.3 Å². The van der Waals surface area contributed by atoms with Crippen molar-refractivity contribution in [2.24, 2.45) is 17.6 Å². The first kappa shape index (κ1) is 29.3. The van der Waals surface area contributed by atoms with Gasteiger partial charge in [0.05, 0.1) is 29.9 Å². The first-order chi connectivity index (χ1) is 19.3. The molecule has 1 aliphatic heterocycles. The summed E-state index contributed by atoms with van der Waals surface area (Å²) in [7, 11) is 0. The zero-order chi connectivity index (χ0) is 30.0. The summed E-state index contributed by atoms with van der Waals surface area (Å²) in [6.07, 6.45) is -3.22. The number of ketones is 3. The van der Waals surface area contributed by atoms with Crippen molar-refractivity contribution >= 4 is 17.3 Å². The lowest BCUT2D eigenvalue weighted by atomic mass is 9.71. The molecule has 0 aromatic heterocycles. The maximum absolute atomic E-state index is 13.7. The highest BCUT2D eigenvalue weighted by Gasteiger charge is 2.50. The number of hydrogen-bond acceptors (Lipinski definition) is 11. The Kier molecular flexibility index (Phi) is 7.56. The molecule has 0 amide bonds. The molecule has 1 saturated heterocycles. The fraction of sp³-hybridized carbons (Fsp3) is 0.500. The molecule has 11 nitrogen and oxygen atoms in total. The van der Waals surface area contributed by atoms with Gasteiger partial charge in [0.25, 0.3) is 0 Å². The zero-order valence-corrected chi connectivity index (χ0v) is 23.1. The summed E-state index contributed by atoms with van der Waals surface area (Å²) < 4.78 is 12.3. The number of nitrogens with two attached hydrogens (primary N) is 1. The molecule has 7 N–H and O–H groups in total. The SMILES string of the molecule is CC(C)[C@H]1C(C)O[C@@H](O[C@H]2C[C@](O)(C(=O)CO)Cc3c(O)c4c(c(O)c32)C(=O)c2c(CO)cccc2C4=O)C[C@H]1N. The summed E-state index contributed by atoms with van der Waals surface area (Å²) in [5, 5.41) is 53.7. The van der Waals surface area contributed by atoms with Gasteiger partial charge in [-0.3, -0.25) is 14.4 Å². The number of carbonyl (C=O) groups excluding carboxylic acids is 3. The van der Waals surface area contributed by atoms with Crippen LogP contribution in [0.5, 0.6) is 11.5 Å². The molecule has 1 fully saturated rings. The summed E-state index contributed by atoms with van der Waals surface area (Å²) >= 11 is 0. The quantitative estimate of drug-likeness (QED) is 0.235. The van der Waals surface area contributed by atoms with Gasteiger partial charge in [0.1, 0.15) is 23.7 Å². The number of aliphatic hydroxyl groups is 3. The number of phenols is 2. The van der Waals surface area contributed by atoms with Crippen LogP contribution in [0.25, 0.3) is 0 Å². The molecule has 0 spiro atoms. The van der Waals surface area contributed by atoms with Crippen LogP contribution in [0.3, 0.4) is 0 Å². The second-order valence-corrected chi connectivity index (χ2v) is 11.6. The number of rotatable bonds is 6. The predicted molar refractivity (Wildman–Crippen MR) is 143 cm³/mol. The van der Waals surface area contributed by atoms with E-state index in [0.29, 0.717) is 0 Å². The topological polar surface area (TPSA) is 197 Å². The molecule has 11 heteroatoms. The molecule has 2 aliphatic carbocycles. The molecule has 2 aromatic rings. The molecular formula is C30H35NO10. The number of aromatic hydroxyl groups is 2. The second kappa shape index (κ2) is 10.6. The van der Waals surface area contributed by atoms with Gasteiger partial charge in [-0.15, -0.1) is 0 Å². The molecule has 41 heavy (non-hydrogen) atoms. The lowest BCUT2D eigenvalue weighted by Crippen LogP contribution is -2.51. The van der Waals surface area contributed by atoms with Gasteiger partial charge in [-0.2, -0.15) is 0 Å². The molecule has 1 heterocycles. The van der Waals surface area contributed by atoms with Crippen LogP contribution in [-0.4, -0.2) is 73.5 Å². The van der Waals surface area contributed by atoms with Gasteiger partial charge in [-0.05, 0) is 18.4 Å². The highest BCUT2D eigenvalue weighted by Crippen LogP contribution is 2.52. The van der Waals surface area contributed by atoms with E-state index in [0.717, 1.165) is 0 Å². The molecule has 2 aromatic carbocycles. The van der Waals surface area contributed by atoms with Gasteiger partial charge in [0.2, 0.25) is 0 Å². The minimum atomic E-state index is -2.21. The molecule has 0 bridgehead atoms. The third kappa shape index (κ3) is 4.57.